The first-order valence-corrected chi connectivity index (χ1v) is 9.94. The Hall–Kier alpha value is -2.91. The summed E-state index contributed by atoms with van der Waals surface area (Å²) in [7, 11) is 0. The number of nitrogens with one attached hydrogen (secondary N) is 1. The summed E-state index contributed by atoms with van der Waals surface area (Å²) in [5.41, 5.74) is 4.45. The third kappa shape index (κ3) is 7.16. The molecule has 0 aliphatic carbocycles. The fraction of sp³-hybridized carbons (Fsp3) is 0.238. The van der Waals surface area contributed by atoms with E-state index in [1.165, 1.54) is 11.3 Å². The predicted octanol–water partition coefficient (Wildman–Crippen LogP) is 4.73. The molecule has 0 saturated heterocycles. The number of rotatable bonds is 9. The SMILES string of the molecule is O=C(NCc1ccc(COCC(F)(F)F)cc1)c1cccc(OCc2cscn2)c1. The highest BCUT2D eigenvalue weighted by atomic mass is 32.1. The molecule has 5 nitrogen and oxygen atoms in total. The van der Waals surface area contributed by atoms with Crippen LogP contribution in [0.25, 0.3) is 0 Å². The number of aromatic nitrogens is 1. The standard InChI is InChI=1S/C21H19F3N2O3S/c22-21(23,24)13-28-10-16-6-4-15(5-7-16)9-25-20(27)17-2-1-3-19(8-17)29-11-18-12-30-14-26-18/h1-8,12,14H,9-11,13H2,(H,25,27). The molecule has 0 unspecified atom stereocenters. The van der Waals surface area contributed by atoms with Gasteiger partial charge in [-0.2, -0.15) is 13.2 Å². The highest BCUT2D eigenvalue weighted by Crippen LogP contribution is 2.17. The maximum absolute atomic E-state index is 12.4. The van der Waals surface area contributed by atoms with Gasteiger partial charge in [0.05, 0.1) is 17.8 Å². The average molecular weight is 436 g/mol. The lowest BCUT2D eigenvalue weighted by Gasteiger charge is -2.10. The van der Waals surface area contributed by atoms with Gasteiger partial charge in [-0.05, 0) is 29.3 Å². The van der Waals surface area contributed by atoms with Crippen LogP contribution in [-0.4, -0.2) is 23.7 Å². The molecule has 0 aliphatic heterocycles. The second-order valence-corrected chi connectivity index (χ2v) is 7.12. The van der Waals surface area contributed by atoms with Crippen LogP contribution in [-0.2, 0) is 24.5 Å². The van der Waals surface area contributed by atoms with E-state index in [2.05, 4.69) is 15.0 Å². The lowest BCUT2D eigenvalue weighted by molar-refractivity contribution is -0.176. The maximum Gasteiger partial charge on any atom is 0.411 e. The van der Waals surface area contributed by atoms with Crippen molar-refractivity contribution in [2.45, 2.75) is 25.9 Å². The molecule has 0 saturated carbocycles. The minimum Gasteiger partial charge on any atom is -0.487 e. The second kappa shape index (κ2) is 10.2. The molecule has 1 N–H and O–H groups in total. The third-order valence-electron chi connectivity index (χ3n) is 3.98. The minimum atomic E-state index is -4.34. The zero-order valence-corrected chi connectivity index (χ0v) is 16.6. The van der Waals surface area contributed by atoms with E-state index in [9.17, 15) is 18.0 Å². The summed E-state index contributed by atoms with van der Waals surface area (Å²) in [5.74, 6) is 0.311. The second-order valence-electron chi connectivity index (χ2n) is 6.40. The molecular formula is C21H19F3N2O3S. The molecule has 0 atom stereocenters. The van der Waals surface area contributed by atoms with Crippen LogP contribution < -0.4 is 10.1 Å². The number of benzene rings is 2. The Morgan fingerprint density at radius 1 is 1.07 bits per heavy atom. The number of amides is 1. The molecule has 0 radical (unpaired) electrons. The molecule has 30 heavy (non-hydrogen) atoms. The van der Waals surface area contributed by atoms with E-state index in [1.807, 2.05) is 5.38 Å². The van der Waals surface area contributed by atoms with E-state index in [4.69, 9.17) is 4.74 Å². The van der Waals surface area contributed by atoms with E-state index >= 15 is 0 Å². The Morgan fingerprint density at radius 2 is 1.83 bits per heavy atom. The Kier molecular flexibility index (Phi) is 7.42. The smallest absolute Gasteiger partial charge is 0.411 e. The van der Waals surface area contributed by atoms with Gasteiger partial charge in [-0.1, -0.05) is 30.3 Å². The fourth-order valence-corrected chi connectivity index (χ4v) is 3.06. The number of alkyl halides is 3. The van der Waals surface area contributed by atoms with Gasteiger partial charge in [0.1, 0.15) is 19.0 Å². The van der Waals surface area contributed by atoms with E-state index in [0.717, 1.165) is 11.3 Å². The molecule has 0 bridgehead atoms. The van der Waals surface area contributed by atoms with Crippen molar-refractivity contribution in [3.8, 4) is 5.75 Å². The van der Waals surface area contributed by atoms with Gasteiger partial charge in [0.25, 0.3) is 5.91 Å². The average Bonchev–Trinajstić information content (AvgIpc) is 3.24. The van der Waals surface area contributed by atoms with Crippen molar-refractivity contribution in [3.05, 3.63) is 81.8 Å². The summed E-state index contributed by atoms with van der Waals surface area (Å²) >= 11 is 1.49. The monoisotopic (exact) mass is 436 g/mol. The lowest BCUT2D eigenvalue weighted by atomic mass is 10.1. The van der Waals surface area contributed by atoms with E-state index in [-0.39, 0.29) is 19.1 Å². The van der Waals surface area contributed by atoms with Gasteiger partial charge < -0.3 is 14.8 Å². The van der Waals surface area contributed by atoms with Crippen LogP contribution in [0.2, 0.25) is 0 Å². The Labute approximate surface area is 175 Å². The van der Waals surface area contributed by atoms with Crippen LogP contribution in [0.15, 0.2) is 59.4 Å². The van der Waals surface area contributed by atoms with Gasteiger partial charge in [0, 0.05) is 17.5 Å². The molecule has 3 aromatic rings. The normalized spacial score (nSPS) is 11.3. The predicted molar refractivity (Wildman–Crippen MR) is 106 cm³/mol. The largest absolute Gasteiger partial charge is 0.487 e. The van der Waals surface area contributed by atoms with Crippen LogP contribution in [0.3, 0.4) is 0 Å². The maximum atomic E-state index is 12.4. The summed E-state index contributed by atoms with van der Waals surface area (Å²) in [4.78, 5) is 16.5. The molecule has 1 aromatic heterocycles. The van der Waals surface area contributed by atoms with Crippen LogP contribution >= 0.6 is 11.3 Å². The molecule has 158 valence electrons. The highest BCUT2D eigenvalue weighted by molar-refractivity contribution is 7.07. The number of ether oxygens (including phenoxy) is 2. The van der Waals surface area contributed by atoms with Gasteiger partial charge in [0.2, 0.25) is 0 Å². The number of carbonyl (C=O) groups is 1. The Bertz CT molecular complexity index is 945. The van der Waals surface area contributed by atoms with Crippen molar-refractivity contribution in [1.82, 2.24) is 10.3 Å². The molecular weight excluding hydrogens is 417 g/mol. The van der Waals surface area contributed by atoms with Crippen molar-refractivity contribution in [1.29, 1.82) is 0 Å². The third-order valence-corrected chi connectivity index (χ3v) is 4.61. The van der Waals surface area contributed by atoms with Crippen molar-refractivity contribution in [3.63, 3.8) is 0 Å². The summed E-state index contributed by atoms with van der Waals surface area (Å²) in [6.07, 6.45) is -4.34. The van der Waals surface area contributed by atoms with Gasteiger partial charge in [-0.3, -0.25) is 4.79 Å². The van der Waals surface area contributed by atoms with Crippen LogP contribution in [0.5, 0.6) is 5.75 Å². The molecule has 9 heteroatoms. The molecule has 1 heterocycles. The van der Waals surface area contributed by atoms with Gasteiger partial charge in [0.15, 0.2) is 0 Å². The zero-order chi connectivity index (χ0) is 21.4. The quantitative estimate of drug-likeness (QED) is 0.527. The van der Waals surface area contributed by atoms with E-state index in [1.54, 1.807) is 54.0 Å². The fourth-order valence-electron chi connectivity index (χ4n) is 2.52. The lowest BCUT2D eigenvalue weighted by Crippen LogP contribution is -2.22. The topological polar surface area (TPSA) is 60.5 Å². The summed E-state index contributed by atoms with van der Waals surface area (Å²) in [6.45, 7) is -0.794. The Morgan fingerprint density at radius 3 is 2.53 bits per heavy atom. The summed E-state index contributed by atoms with van der Waals surface area (Å²) < 4.78 is 46.6. The summed E-state index contributed by atoms with van der Waals surface area (Å²) in [5, 5.41) is 4.70. The van der Waals surface area contributed by atoms with Crippen LogP contribution in [0.1, 0.15) is 27.2 Å². The van der Waals surface area contributed by atoms with E-state index < -0.39 is 12.8 Å². The zero-order valence-electron chi connectivity index (χ0n) is 15.8. The van der Waals surface area contributed by atoms with Crippen molar-refractivity contribution < 1.29 is 27.4 Å². The summed E-state index contributed by atoms with van der Waals surface area (Å²) in [6, 6.07) is 13.7. The first kappa shape index (κ1) is 21.8. The number of carbonyl (C=O) groups excluding carboxylic acids is 1. The van der Waals surface area contributed by atoms with Gasteiger partial charge >= 0.3 is 6.18 Å². The van der Waals surface area contributed by atoms with Crippen LogP contribution in [0, 0.1) is 0 Å². The number of hydrogen-bond donors (Lipinski definition) is 1. The number of hydrogen-bond acceptors (Lipinski definition) is 5. The van der Waals surface area contributed by atoms with Gasteiger partial charge in [-0.15, -0.1) is 11.3 Å². The van der Waals surface area contributed by atoms with Crippen molar-refractivity contribution in [2.75, 3.05) is 6.61 Å². The molecule has 0 fully saturated rings. The van der Waals surface area contributed by atoms with Crippen LogP contribution in [0.4, 0.5) is 13.2 Å². The molecule has 0 aliphatic rings. The molecule has 0 spiro atoms. The molecule has 2 aromatic carbocycles. The van der Waals surface area contributed by atoms with Crippen molar-refractivity contribution >= 4 is 17.2 Å². The number of nitrogens with zero attached hydrogens (tertiary/aromatic N) is 1. The first-order chi connectivity index (χ1) is 14.4. The number of thiazole rings is 1. The highest BCUT2D eigenvalue weighted by Gasteiger charge is 2.27. The first-order valence-electron chi connectivity index (χ1n) is 8.99. The van der Waals surface area contributed by atoms with E-state index in [0.29, 0.717) is 23.5 Å². The van der Waals surface area contributed by atoms with Crippen molar-refractivity contribution in [2.24, 2.45) is 0 Å². The van der Waals surface area contributed by atoms with Gasteiger partial charge in [-0.25, -0.2) is 4.98 Å². The molecule has 1 amide bonds. The Balaban J connectivity index is 1.47. The molecule has 3 rings (SSSR count). The number of halogens is 3. The minimum absolute atomic E-state index is 0.125.